The fourth-order valence-corrected chi connectivity index (χ4v) is 2.54. The van der Waals surface area contributed by atoms with E-state index in [-0.39, 0.29) is 12.1 Å². The van der Waals surface area contributed by atoms with Crippen LogP contribution in [0.2, 0.25) is 0 Å². The predicted octanol–water partition coefficient (Wildman–Crippen LogP) is 1.24. The number of rotatable bonds is 1. The first-order valence-electron chi connectivity index (χ1n) is 6.15. The summed E-state index contributed by atoms with van der Waals surface area (Å²) >= 11 is 0. The van der Waals surface area contributed by atoms with Crippen molar-refractivity contribution < 1.29 is 24.2 Å². The fraction of sp³-hybridized carbons (Fsp3) is 0.833. The van der Waals surface area contributed by atoms with Gasteiger partial charge in [0.25, 0.3) is 0 Å². The molecule has 2 aliphatic heterocycles. The Balaban J connectivity index is 2.16. The van der Waals surface area contributed by atoms with Crippen LogP contribution in [-0.2, 0) is 14.3 Å². The SMILES string of the molecule is CC(C)(C)OC(=O)N1C(C(=O)O)CC2OCC[C@H]21. The number of likely N-dealkylation sites (tertiary alicyclic amines) is 1. The normalized spacial score (nSPS) is 31.3. The molecule has 0 bridgehead atoms. The maximum Gasteiger partial charge on any atom is 0.411 e. The van der Waals surface area contributed by atoms with Gasteiger partial charge in [-0.25, -0.2) is 9.59 Å². The molecule has 2 heterocycles. The van der Waals surface area contributed by atoms with Gasteiger partial charge in [-0.1, -0.05) is 0 Å². The van der Waals surface area contributed by atoms with E-state index in [9.17, 15) is 14.7 Å². The molecule has 18 heavy (non-hydrogen) atoms. The highest BCUT2D eigenvalue weighted by atomic mass is 16.6. The third-order valence-corrected chi connectivity index (χ3v) is 3.21. The summed E-state index contributed by atoms with van der Waals surface area (Å²) in [4.78, 5) is 24.6. The molecule has 2 fully saturated rings. The average Bonchev–Trinajstić information content (AvgIpc) is 2.70. The molecule has 6 heteroatoms. The van der Waals surface area contributed by atoms with Gasteiger partial charge in [0.05, 0.1) is 12.1 Å². The number of nitrogens with zero attached hydrogens (tertiary/aromatic N) is 1. The third-order valence-electron chi connectivity index (χ3n) is 3.21. The molecule has 0 aromatic carbocycles. The molecule has 3 atom stereocenters. The van der Waals surface area contributed by atoms with Crippen molar-refractivity contribution in [1.82, 2.24) is 4.90 Å². The van der Waals surface area contributed by atoms with Gasteiger partial charge >= 0.3 is 12.1 Å². The number of ether oxygens (including phenoxy) is 2. The van der Waals surface area contributed by atoms with Gasteiger partial charge in [0.1, 0.15) is 11.6 Å². The Bertz CT molecular complexity index is 362. The first kappa shape index (κ1) is 13.1. The third kappa shape index (κ3) is 2.43. The molecule has 1 amide bonds. The number of carboxylic acid groups (broad SMARTS) is 1. The Hall–Kier alpha value is -1.30. The Morgan fingerprint density at radius 3 is 2.61 bits per heavy atom. The standard InChI is InChI=1S/C12H19NO5/c1-12(2,3)18-11(16)13-7-4-5-17-9(7)6-8(13)10(14)15/h7-9H,4-6H2,1-3H3,(H,14,15)/t7-,8?,9?/m1/s1. The topological polar surface area (TPSA) is 76.1 Å². The summed E-state index contributed by atoms with van der Waals surface area (Å²) in [6.07, 6.45) is 0.291. The molecule has 0 aromatic rings. The minimum Gasteiger partial charge on any atom is -0.480 e. The lowest BCUT2D eigenvalue weighted by Crippen LogP contribution is -2.47. The van der Waals surface area contributed by atoms with Crippen LogP contribution in [0, 0.1) is 0 Å². The van der Waals surface area contributed by atoms with Gasteiger partial charge in [-0.15, -0.1) is 0 Å². The average molecular weight is 257 g/mol. The van der Waals surface area contributed by atoms with Crippen LogP contribution < -0.4 is 0 Å². The van der Waals surface area contributed by atoms with Gasteiger partial charge in [-0.3, -0.25) is 4.90 Å². The lowest BCUT2D eigenvalue weighted by molar-refractivity contribution is -0.142. The number of hydrogen-bond acceptors (Lipinski definition) is 4. The van der Waals surface area contributed by atoms with Crippen molar-refractivity contribution >= 4 is 12.1 Å². The maximum absolute atomic E-state index is 12.1. The zero-order valence-corrected chi connectivity index (χ0v) is 10.9. The number of carbonyl (C=O) groups is 2. The first-order valence-corrected chi connectivity index (χ1v) is 6.15. The van der Waals surface area contributed by atoms with Gasteiger partial charge in [0.2, 0.25) is 0 Å². The first-order chi connectivity index (χ1) is 8.29. The van der Waals surface area contributed by atoms with Crippen molar-refractivity contribution in [2.75, 3.05) is 6.61 Å². The molecule has 2 rings (SSSR count). The molecule has 2 unspecified atom stereocenters. The van der Waals surface area contributed by atoms with Crippen LogP contribution in [0.25, 0.3) is 0 Å². The number of carbonyl (C=O) groups excluding carboxylic acids is 1. The summed E-state index contributed by atoms with van der Waals surface area (Å²) in [5.41, 5.74) is -0.627. The summed E-state index contributed by atoms with van der Waals surface area (Å²) in [5.74, 6) is -1.00. The highest BCUT2D eigenvalue weighted by Gasteiger charge is 2.51. The molecule has 2 aliphatic rings. The minimum absolute atomic E-state index is 0.166. The number of carboxylic acids is 1. The van der Waals surface area contributed by atoms with Gasteiger partial charge in [-0.05, 0) is 27.2 Å². The second kappa shape index (κ2) is 4.42. The summed E-state index contributed by atoms with van der Waals surface area (Å²) in [6, 6.07) is -1.00. The fourth-order valence-electron chi connectivity index (χ4n) is 2.54. The molecule has 6 nitrogen and oxygen atoms in total. The monoisotopic (exact) mass is 257 g/mol. The molecule has 102 valence electrons. The van der Waals surface area contributed by atoms with E-state index < -0.39 is 23.7 Å². The summed E-state index contributed by atoms with van der Waals surface area (Å²) in [6.45, 7) is 5.86. The lowest BCUT2D eigenvalue weighted by atomic mass is 10.1. The highest BCUT2D eigenvalue weighted by molar-refractivity contribution is 5.81. The maximum atomic E-state index is 12.1. The van der Waals surface area contributed by atoms with E-state index in [0.29, 0.717) is 19.4 Å². The van der Waals surface area contributed by atoms with E-state index in [4.69, 9.17) is 9.47 Å². The van der Waals surface area contributed by atoms with Gasteiger partial charge in [0, 0.05) is 13.0 Å². The molecule has 0 aromatic heterocycles. The Labute approximate surface area is 106 Å². The molecule has 0 aliphatic carbocycles. The van der Waals surface area contributed by atoms with Crippen LogP contribution in [-0.4, -0.2) is 52.5 Å². The van der Waals surface area contributed by atoms with Gasteiger partial charge < -0.3 is 14.6 Å². The number of fused-ring (bicyclic) bond motifs is 1. The predicted molar refractivity (Wildman–Crippen MR) is 62.3 cm³/mol. The number of aliphatic carboxylic acids is 1. The van der Waals surface area contributed by atoms with Crippen LogP contribution in [0.5, 0.6) is 0 Å². The van der Waals surface area contributed by atoms with Crippen molar-refractivity contribution in [2.45, 2.75) is 57.4 Å². The Kier molecular flexibility index (Phi) is 3.23. The van der Waals surface area contributed by atoms with Crippen LogP contribution >= 0.6 is 0 Å². The minimum atomic E-state index is -1.00. The Morgan fingerprint density at radius 1 is 1.39 bits per heavy atom. The van der Waals surface area contributed by atoms with Gasteiger partial charge in [0.15, 0.2) is 0 Å². The second-order valence-corrected chi connectivity index (χ2v) is 5.74. The lowest BCUT2D eigenvalue weighted by Gasteiger charge is -2.30. The zero-order chi connectivity index (χ0) is 13.5. The van der Waals surface area contributed by atoms with Crippen molar-refractivity contribution in [3.8, 4) is 0 Å². The molecule has 0 spiro atoms. The molecule has 1 N–H and O–H groups in total. The molecule has 0 saturated carbocycles. The molecular formula is C12H19NO5. The molecule has 2 saturated heterocycles. The van der Waals surface area contributed by atoms with E-state index in [1.165, 1.54) is 4.90 Å². The Morgan fingerprint density at radius 2 is 2.06 bits per heavy atom. The van der Waals surface area contributed by atoms with Crippen molar-refractivity contribution in [1.29, 1.82) is 0 Å². The van der Waals surface area contributed by atoms with E-state index >= 15 is 0 Å². The van der Waals surface area contributed by atoms with Crippen LogP contribution in [0.15, 0.2) is 0 Å². The van der Waals surface area contributed by atoms with Crippen LogP contribution in [0.3, 0.4) is 0 Å². The smallest absolute Gasteiger partial charge is 0.411 e. The second-order valence-electron chi connectivity index (χ2n) is 5.74. The number of amides is 1. The van der Waals surface area contributed by atoms with E-state index in [1.807, 2.05) is 0 Å². The van der Waals surface area contributed by atoms with Crippen molar-refractivity contribution in [3.63, 3.8) is 0 Å². The summed E-state index contributed by atoms with van der Waals surface area (Å²) in [7, 11) is 0. The van der Waals surface area contributed by atoms with Crippen LogP contribution in [0.4, 0.5) is 4.79 Å². The molecular weight excluding hydrogens is 238 g/mol. The highest BCUT2D eigenvalue weighted by Crippen LogP contribution is 2.34. The van der Waals surface area contributed by atoms with E-state index in [1.54, 1.807) is 20.8 Å². The summed E-state index contributed by atoms with van der Waals surface area (Å²) < 4.78 is 10.7. The quantitative estimate of drug-likeness (QED) is 0.764. The van der Waals surface area contributed by atoms with E-state index in [2.05, 4.69) is 0 Å². The van der Waals surface area contributed by atoms with E-state index in [0.717, 1.165) is 0 Å². The van der Waals surface area contributed by atoms with Crippen molar-refractivity contribution in [2.24, 2.45) is 0 Å². The number of hydrogen-bond donors (Lipinski definition) is 1. The summed E-state index contributed by atoms with van der Waals surface area (Å²) in [5, 5.41) is 9.18. The van der Waals surface area contributed by atoms with Gasteiger partial charge in [-0.2, -0.15) is 0 Å². The van der Waals surface area contributed by atoms with Crippen LogP contribution in [0.1, 0.15) is 33.6 Å². The largest absolute Gasteiger partial charge is 0.480 e. The molecule has 0 radical (unpaired) electrons. The zero-order valence-electron chi connectivity index (χ0n) is 10.9. The van der Waals surface area contributed by atoms with Crippen molar-refractivity contribution in [3.05, 3.63) is 0 Å².